The van der Waals surface area contributed by atoms with E-state index in [4.69, 9.17) is 10.3 Å². The summed E-state index contributed by atoms with van der Waals surface area (Å²) in [6, 6.07) is 7.40. The van der Waals surface area contributed by atoms with Crippen LogP contribution in [0.4, 0.5) is 8.78 Å². The summed E-state index contributed by atoms with van der Waals surface area (Å²) >= 11 is 0. The standard InChI is InChI=1S/C12H12F2N2O/c1-7(15)11-6-10(16-17-11)8-2-4-9(5-3-8)12(13)14/h2-7,12H,15H2,1H3. The van der Waals surface area contributed by atoms with Crippen LogP contribution in [0.3, 0.4) is 0 Å². The molecule has 0 radical (unpaired) electrons. The molecular formula is C12H12F2N2O. The molecule has 0 saturated heterocycles. The summed E-state index contributed by atoms with van der Waals surface area (Å²) in [7, 11) is 0. The molecule has 1 aromatic heterocycles. The van der Waals surface area contributed by atoms with Crippen molar-refractivity contribution in [2.24, 2.45) is 5.73 Å². The Kier molecular flexibility index (Phi) is 3.19. The van der Waals surface area contributed by atoms with Gasteiger partial charge < -0.3 is 10.3 Å². The van der Waals surface area contributed by atoms with Crippen LogP contribution in [0.1, 0.15) is 30.7 Å². The normalized spacial score (nSPS) is 13.0. The summed E-state index contributed by atoms with van der Waals surface area (Å²) in [4.78, 5) is 0. The molecule has 0 aliphatic carbocycles. The first-order valence-corrected chi connectivity index (χ1v) is 5.18. The molecule has 90 valence electrons. The van der Waals surface area contributed by atoms with Crippen molar-refractivity contribution in [1.29, 1.82) is 0 Å². The predicted octanol–water partition coefficient (Wildman–Crippen LogP) is 3.30. The first kappa shape index (κ1) is 11.7. The van der Waals surface area contributed by atoms with Crippen molar-refractivity contribution in [2.75, 3.05) is 0 Å². The van der Waals surface area contributed by atoms with Crippen LogP contribution < -0.4 is 5.73 Å². The van der Waals surface area contributed by atoms with Crippen molar-refractivity contribution in [3.05, 3.63) is 41.7 Å². The Morgan fingerprint density at radius 2 is 1.88 bits per heavy atom. The van der Waals surface area contributed by atoms with Crippen molar-refractivity contribution in [1.82, 2.24) is 5.16 Å². The maximum absolute atomic E-state index is 12.4. The van der Waals surface area contributed by atoms with Crippen LogP contribution in [0.25, 0.3) is 11.3 Å². The van der Waals surface area contributed by atoms with Crippen molar-refractivity contribution < 1.29 is 13.3 Å². The first-order valence-electron chi connectivity index (χ1n) is 5.18. The van der Waals surface area contributed by atoms with E-state index in [0.29, 0.717) is 11.5 Å². The number of hydrogen-bond donors (Lipinski definition) is 1. The highest BCUT2D eigenvalue weighted by molar-refractivity contribution is 5.59. The zero-order valence-corrected chi connectivity index (χ0v) is 9.23. The number of benzene rings is 1. The van der Waals surface area contributed by atoms with Gasteiger partial charge in [0.05, 0.1) is 6.04 Å². The molecule has 17 heavy (non-hydrogen) atoms. The van der Waals surface area contributed by atoms with Crippen LogP contribution in [0, 0.1) is 0 Å². The van der Waals surface area contributed by atoms with Gasteiger partial charge in [-0.2, -0.15) is 0 Å². The molecule has 0 spiro atoms. The molecule has 2 aromatic rings. The van der Waals surface area contributed by atoms with Gasteiger partial charge in [-0.15, -0.1) is 0 Å². The lowest BCUT2D eigenvalue weighted by molar-refractivity contribution is 0.151. The van der Waals surface area contributed by atoms with Crippen LogP contribution in [0.5, 0.6) is 0 Å². The molecule has 2 N–H and O–H groups in total. The Morgan fingerprint density at radius 3 is 2.35 bits per heavy atom. The lowest BCUT2D eigenvalue weighted by atomic mass is 10.1. The second-order valence-electron chi connectivity index (χ2n) is 3.83. The van der Waals surface area contributed by atoms with Crippen LogP contribution in [0.15, 0.2) is 34.9 Å². The van der Waals surface area contributed by atoms with E-state index in [-0.39, 0.29) is 11.6 Å². The predicted molar refractivity (Wildman–Crippen MR) is 59.5 cm³/mol. The van der Waals surface area contributed by atoms with E-state index in [0.717, 1.165) is 5.56 Å². The zero-order chi connectivity index (χ0) is 12.4. The molecule has 3 nitrogen and oxygen atoms in total. The van der Waals surface area contributed by atoms with Gasteiger partial charge >= 0.3 is 0 Å². The van der Waals surface area contributed by atoms with Gasteiger partial charge in [-0.25, -0.2) is 8.78 Å². The van der Waals surface area contributed by atoms with Gasteiger partial charge in [0.1, 0.15) is 5.69 Å². The number of rotatable bonds is 3. The Morgan fingerprint density at radius 1 is 1.24 bits per heavy atom. The van der Waals surface area contributed by atoms with E-state index in [1.807, 2.05) is 0 Å². The molecular weight excluding hydrogens is 226 g/mol. The number of alkyl halides is 2. The Hall–Kier alpha value is -1.75. The van der Waals surface area contributed by atoms with Gasteiger partial charge in [0, 0.05) is 17.2 Å². The average molecular weight is 238 g/mol. The van der Waals surface area contributed by atoms with E-state index in [9.17, 15) is 8.78 Å². The third kappa shape index (κ3) is 2.50. The lowest BCUT2D eigenvalue weighted by Crippen LogP contribution is -2.02. The van der Waals surface area contributed by atoms with Crippen molar-refractivity contribution in [3.8, 4) is 11.3 Å². The molecule has 1 unspecified atom stereocenters. The minimum Gasteiger partial charge on any atom is -0.359 e. The van der Waals surface area contributed by atoms with Crippen LogP contribution >= 0.6 is 0 Å². The van der Waals surface area contributed by atoms with E-state index in [1.54, 1.807) is 25.1 Å². The van der Waals surface area contributed by atoms with Crippen LogP contribution in [0.2, 0.25) is 0 Å². The minimum absolute atomic E-state index is 0.00957. The smallest absolute Gasteiger partial charge is 0.263 e. The molecule has 1 atom stereocenters. The summed E-state index contributed by atoms with van der Waals surface area (Å²) in [6.07, 6.45) is -2.46. The Labute approximate surface area is 97.2 Å². The van der Waals surface area contributed by atoms with E-state index in [2.05, 4.69) is 5.16 Å². The van der Waals surface area contributed by atoms with Crippen molar-refractivity contribution >= 4 is 0 Å². The molecule has 2 rings (SSSR count). The highest BCUT2D eigenvalue weighted by Gasteiger charge is 2.11. The van der Waals surface area contributed by atoms with Crippen LogP contribution in [-0.2, 0) is 0 Å². The maximum atomic E-state index is 12.4. The monoisotopic (exact) mass is 238 g/mol. The fourth-order valence-corrected chi connectivity index (χ4v) is 1.44. The first-order chi connectivity index (χ1) is 8.08. The summed E-state index contributed by atoms with van der Waals surface area (Å²) in [5.74, 6) is 0.568. The van der Waals surface area contributed by atoms with Crippen molar-refractivity contribution in [2.45, 2.75) is 19.4 Å². The molecule has 0 aliphatic heterocycles. The second kappa shape index (κ2) is 4.63. The van der Waals surface area contributed by atoms with Gasteiger partial charge in [0.25, 0.3) is 6.43 Å². The molecule has 1 heterocycles. The van der Waals surface area contributed by atoms with Gasteiger partial charge in [-0.3, -0.25) is 0 Å². The number of nitrogens with two attached hydrogens (primary N) is 1. The van der Waals surface area contributed by atoms with Crippen LogP contribution in [-0.4, -0.2) is 5.16 Å². The average Bonchev–Trinajstić information content (AvgIpc) is 2.78. The summed E-state index contributed by atoms with van der Waals surface area (Å²) < 4.78 is 29.8. The molecule has 0 fully saturated rings. The van der Waals surface area contributed by atoms with Gasteiger partial charge in [-0.1, -0.05) is 29.4 Å². The molecule has 1 aromatic carbocycles. The Bertz CT molecular complexity index is 491. The fraction of sp³-hybridized carbons (Fsp3) is 0.250. The highest BCUT2D eigenvalue weighted by atomic mass is 19.3. The van der Waals surface area contributed by atoms with Gasteiger partial charge in [0.15, 0.2) is 5.76 Å². The van der Waals surface area contributed by atoms with Gasteiger partial charge in [0.2, 0.25) is 0 Å². The largest absolute Gasteiger partial charge is 0.359 e. The second-order valence-corrected chi connectivity index (χ2v) is 3.83. The number of halogens is 2. The fourth-order valence-electron chi connectivity index (χ4n) is 1.44. The maximum Gasteiger partial charge on any atom is 0.263 e. The quantitative estimate of drug-likeness (QED) is 0.892. The molecule has 0 bridgehead atoms. The molecule has 0 amide bonds. The van der Waals surface area contributed by atoms with E-state index < -0.39 is 6.43 Å². The summed E-state index contributed by atoms with van der Waals surface area (Å²) in [6.45, 7) is 1.78. The van der Waals surface area contributed by atoms with E-state index >= 15 is 0 Å². The highest BCUT2D eigenvalue weighted by Crippen LogP contribution is 2.25. The van der Waals surface area contributed by atoms with E-state index in [1.165, 1.54) is 12.1 Å². The molecule has 0 aliphatic rings. The topological polar surface area (TPSA) is 52.0 Å². The zero-order valence-electron chi connectivity index (χ0n) is 9.23. The SMILES string of the molecule is CC(N)c1cc(-c2ccc(C(F)F)cc2)no1. The third-order valence-electron chi connectivity index (χ3n) is 2.44. The minimum atomic E-state index is -2.46. The number of hydrogen-bond acceptors (Lipinski definition) is 3. The summed E-state index contributed by atoms with van der Waals surface area (Å²) in [5, 5.41) is 3.84. The van der Waals surface area contributed by atoms with Gasteiger partial charge in [-0.05, 0) is 6.92 Å². The Balaban J connectivity index is 2.27. The molecule has 5 heteroatoms. The van der Waals surface area contributed by atoms with Crippen molar-refractivity contribution in [3.63, 3.8) is 0 Å². The molecule has 0 saturated carbocycles. The third-order valence-corrected chi connectivity index (χ3v) is 2.44. The number of nitrogens with zero attached hydrogens (tertiary/aromatic N) is 1. The summed E-state index contributed by atoms with van der Waals surface area (Å²) in [5.41, 5.74) is 6.95. The lowest BCUT2D eigenvalue weighted by Gasteiger charge is -2.00. The number of aromatic nitrogens is 1.